The highest BCUT2D eigenvalue weighted by Gasteiger charge is 2.39. The maximum atomic E-state index is 13.7. The normalized spacial score (nSPS) is 12.6. The molecule has 0 bridgehead atoms. The number of benzene rings is 1. The molecule has 0 saturated heterocycles. The standard InChI is InChI=1S/C22H32F5NO5/c1-4-7-8-9-10-11-12-14(22(30,31-5-2)32-6-3)13-28-21(29)33-20-18(26)16(24)15(23)17(25)19(20)27/h14,30H,4-13H2,1-3H3,(H,28,29). The SMILES string of the molecule is CCCCCCCCC(CNC(=O)Oc1c(F)c(F)c(F)c(F)c1F)C(O)(OCC)OCC. The molecule has 1 aromatic carbocycles. The quantitative estimate of drug-likeness (QED) is 0.112. The van der Waals surface area contributed by atoms with Crippen LogP contribution in [0.5, 0.6) is 5.75 Å². The van der Waals surface area contributed by atoms with E-state index in [1.807, 2.05) is 0 Å². The Labute approximate surface area is 190 Å². The van der Waals surface area contributed by atoms with Crippen molar-refractivity contribution in [1.29, 1.82) is 0 Å². The van der Waals surface area contributed by atoms with Gasteiger partial charge in [0.1, 0.15) is 0 Å². The van der Waals surface area contributed by atoms with Crippen molar-refractivity contribution in [1.82, 2.24) is 5.32 Å². The number of hydrogen-bond acceptors (Lipinski definition) is 5. The van der Waals surface area contributed by atoms with Gasteiger partial charge in [0.25, 0.3) is 5.97 Å². The minimum absolute atomic E-state index is 0.0957. The van der Waals surface area contributed by atoms with Gasteiger partial charge in [-0.1, -0.05) is 45.4 Å². The van der Waals surface area contributed by atoms with Crippen LogP contribution in [0.2, 0.25) is 0 Å². The van der Waals surface area contributed by atoms with Crippen LogP contribution >= 0.6 is 0 Å². The number of hydrogen-bond donors (Lipinski definition) is 2. The summed E-state index contributed by atoms with van der Waals surface area (Å²) >= 11 is 0. The van der Waals surface area contributed by atoms with Crippen molar-refractivity contribution in [3.8, 4) is 5.75 Å². The molecule has 1 rings (SSSR count). The van der Waals surface area contributed by atoms with Gasteiger partial charge in [0.05, 0.1) is 5.92 Å². The molecule has 0 radical (unpaired) electrons. The molecule has 1 atom stereocenters. The zero-order chi connectivity index (χ0) is 25.0. The highest BCUT2D eigenvalue weighted by Crippen LogP contribution is 2.30. The van der Waals surface area contributed by atoms with Gasteiger partial charge in [0, 0.05) is 19.8 Å². The predicted molar refractivity (Wildman–Crippen MR) is 110 cm³/mol. The number of ether oxygens (including phenoxy) is 3. The van der Waals surface area contributed by atoms with Crippen LogP contribution in [0.15, 0.2) is 0 Å². The predicted octanol–water partition coefficient (Wildman–Crippen LogP) is 5.56. The molecule has 0 aliphatic rings. The van der Waals surface area contributed by atoms with E-state index >= 15 is 0 Å². The Bertz CT molecular complexity index is 730. The van der Waals surface area contributed by atoms with Crippen LogP contribution in [0.3, 0.4) is 0 Å². The first-order chi connectivity index (χ1) is 15.6. The molecule has 1 amide bonds. The molecule has 11 heteroatoms. The first-order valence-electron chi connectivity index (χ1n) is 11.1. The van der Waals surface area contributed by atoms with Crippen molar-refractivity contribution >= 4 is 6.09 Å². The molecule has 0 heterocycles. The van der Waals surface area contributed by atoms with Crippen LogP contribution in [-0.2, 0) is 9.47 Å². The molecule has 0 saturated carbocycles. The molecular weight excluding hydrogens is 453 g/mol. The number of carbonyl (C=O) groups is 1. The molecule has 2 N–H and O–H groups in total. The van der Waals surface area contributed by atoms with Gasteiger partial charge in [-0.15, -0.1) is 0 Å². The average Bonchev–Trinajstić information content (AvgIpc) is 2.78. The fraction of sp³-hybridized carbons (Fsp3) is 0.682. The van der Waals surface area contributed by atoms with Gasteiger partial charge >= 0.3 is 6.09 Å². The van der Waals surface area contributed by atoms with Gasteiger partial charge in [-0.05, 0) is 20.3 Å². The Kier molecular flexibility index (Phi) is 12.6. The second-order valence-electron chi connectivity index (χ2n) is 7.42. The van der Waals surface area contributed by atoms with E-state index in [0.29, 0.717) is 12.8 Å². The van der Waals surface area contributed by atoms with E-state index in [4.69, 9.17) is 9.47 Å². The maximum absolute atomic E-state index is 13.7. The number of halogens is 5. The summed E-state index contributed by atoms with van der Waals surface area (Å²) in [5.74, 6) is -16.0. The first-order valence-corrected chi connectivity index (χ1v) is 11.1. The van der Waals surface area contributed by atoms with Gasteiger partial charge in [-0.2, -0.15) is 8.78 Å². The Morgan fingerprint density at radius 2 is 1.33 bits per heavy atom. The number of unbranched alkanes of at least 4 members (excludes halogenated alkanes) is 5. The third kappa shape index (κ3) is 8.38. The van der Waals surface area contributed by atoms with E-state index in [0.717, 1.165) is 32.1 Å². The van der Waals surface area contributed by atoms with Crippen molar-refractivity contribution in [2.75, 3.05) is 19.8 Å². The summed E-state index contributed by atoms with van der Waals surface area (Å²) in [6.45, 7) is 5.25. The van der Waals surface area contributed by atoms with E-state index in [-0.39, 0.29) is 19.8 Å². The van der Waals surface area contributed by atoms with Gasteiger partial charge < -0.3 is 24.6 Å². The number of amides is 1. The largest absolute Gasteiger partial charge is 0.412 e. The summed E-state index contributed by atoms with van der Waals surface area (Å²) in [6, 6.07) is 0. The third-order valence-corrected chi connectivity index (χ3v) is 4.98. The van der Waals surface area contributed by atoms with Gasteiger partial charge in [0.2, 0.25) is 34.8 Å². The number of carbonyl (C=O) groups excluding carboxylic acids is 1. The molecular formula is C22H32F5NO5. The lowest BCUT2D eigenvalue weighted by atomic mass is 9.97. The highest BCUT2D eigenvalue weighted by atomic mass is 19.2. The zero-order valence-electron chi connectivity index (χ0n) is 19.1. The van der Waals surface area contributed by atoms with Crippen LogP contribution in [0.25, 0.3) is 0 Å². The molecule has 0 spiro atoms. The molecule has 190 valence electrons. The van der Waals surface area contributed by atoms with Gasteiger partial charge in [-0.25, -0.2) is 18.0 Å². The van der Waals surface area contributed by atoms with Gasteiger partial charge in [-0.3, -0.25) is 0 Å². The third-order valence-electron chi connectivity index (χ3n) is 4.98. The van der Waals surface area contributed by atoms with Crippen LogP contribution in [0.4, 0.5) is 26.7 Å². The van der Waals surface area contributed by atoms with Crippen molar-refractivity contribution < 1.29 is 46.1 Å². The maximum Gasteiger partial charge on any atom is 0.412 e. The minimum Gasteiger partial charge on any atom is -0.404 e. The Morgan fingerprint density at radius 1 is 0.848 bits per heavy atom. The van der Waals surface area contributed by atoms with Crippen molar-refractivity contribution in [2.24, 2.45) is 5.92 Å². The lowest BCUT2D eigenvalue weighted by Gasteiger charge is -2.35. The monoisotopic (exact) mass is 485 g/mol. The summed E-state index contributed by atoms with van der Waals surface area (Å²) < 4.78 is 82.2. The van der Waals surface area contributed by atoms with Crippen LogP contribution in [-0.4, -0.2) is 36.9 Å². The van der Waals surface area contributed by atoms with Crippen LogP contribution in [0.1, 0.15) is 65.7 Å². The Hall–Kier alpha value is -1.98. The van der Waals surface area contributed by atoms with Crippen molar-refractivity contribution in [3.05, 3.63) is 29.1 Å². The first kappa shape index (κ1) is 29.1. The van der Waals surface area contributed by atoms with E-state index in [1.165, 1.54) is 0 Å². The lowest BCUT2D eigenvalue weighted by Crippen LogP contribution is -2.49. The molecule has 0 aliphatic carbocycles. The summed E-state index contributed by atoms with van der Waals surface area (Å²) in [5.41, 5.74) is 0. The fourth-order valence-electron chi connectivity index (χ4n) is 3.29. The average molecular weight is 485 g/mol. The summed E-state index contributed by atoms with van der Waals surface area (Å²) in [4.78, 5) is 12.1. The van der Waals surface area contributed by atoms with E-state index in [9.17, 15) is 31.9 Å². The van der Waals surface area contributed by atoms with Gasteiger partial charge in [0.15, 0.2) is 0 Å². The number of nitrogens with one attached hydrogen (secondary N) is 1. The molecule has 0 fully saturated rings. The molecule has 1 aromatic rings. The summed E-state index contributed by atoms with van der Waals surface area (Å²) in [7, 11) is 0. The van der Waals surface area contributed by atoms with Crippen LogP contribution in [0, 0.1) is 35.0 Å². The van der Waals surface area contributed by atoms with E-state index in [1.54, 1.807) is 13.8 Å². The van der Waals surface area contributed by atoms with E-state index < -0.39 is 52.8 Å². The number of aliphatic hydroxyl groups is 1. The summed E-state index contributed by atoms with van der Waals surface area (Å²) in [6.07, 6.45) is 4.67. The second-order valence-corrected chi connectivity index (χ2v) is 7.42. The van der Waals surface area contributed by atoms with E-state index in [2.05, 4.69) is 17.0 Å². The molecule has 0 aromatic heterocycles. The smallest absolute Gasteiger partial charge is 0.404 e. The van der Waals surface area contributed by atoms with Crippen molar-refractivity contribution in [2.45, 2.75) is 71.7 Å². The van der Waals surface area contributed by atoms with Crippen molar-refractivity contribution in [3.63, 3.8) is 0 Å². The molecule has 0 aliphatic heterocycles. The van der Waals surface area contributed by atoms with Crippen LogP contribution < -0.4 is 10.1 Å². The molecule has 33 heavy (non-hydrogen) atoms. The summed E-state index contributed by atoms with van der Waals surface area (Å²) in [5, 5.41) is 13.0. The molecule has 1 unspecified atom stereocenters. The Balaban J connectivity index is 2.87. The molecule has 6 nitrogen and oxygen atoms in total. The Morgan fingerprint density at radius 3 is 1.85 bits per heavy atom. The number of rotatable bonds is 15. The minimum atomic E-state index is -2.37. The zero-order valence-corrected chi connectivity index (χ0v) is 19.1. The topological polar surface area (TPSA) is 77.0 Å². The second kappa shape index (κ2) is 14.3. The lowest BCUT2D eigenvalue weighted by molar-refractivity contribution is -0.383. The fourth-order valence-corrected chi connectivity index (χ4v) is 3.29. The highest BCUT2D eigenvalue weighted by molar-refractivity contribution is 5.70.